The van der Waals surface area contributed by atoms with Crippen molar-refractivity contribution < 1.29 is 0 Å². The third-order valence-electron chi connectivity index (χ3n) is 3.61. The predicted molar refractivity (Wildman–Crippen MR) is 92.9 cm³/mol. The summed E-state index contributed by atoms with van der Waals surface area (Å²) in [6.45, 7) is 7.05. The minimum atomic E-state index is -0.00318. The first-order valence-corrected chi connectivity index (χ1v) is 8.02. The smallest absolute Gasteiger partial charge is 0.0595 e. The van der Waals surface area contributed by atoms with Crippen LogP contribution in [-0.4, -0.2) is 6.54 Å². The Kier molecular flexibility index (Phi) is 5.56. The molecule has 1 N–H and O–H groups in total. The van der Waals surface area contributed by atoms with E-state index in [4.69, 9.17) is 34.8 Å². The van der Waals surface area contributed by atoms with Crippen LogP contribution < -0.4 is 5.32 Å². The fourth-order valence-corrected chi connectivity index (χ4v) is 2.96. The number of halogens is 3. The quantitative estimate of drug-likeness (QED) is 0.722. The van der Waals surface area contributed by atoms with Crippen molar-refractivity contribution in [1.29, 1.82) is 0 Å². The molecule has 1 nitrogen and oxygen atoms in total. The van der Waals surface area contributed by atoms with Crippen molar-refractivity contribution in [2.24, 2.45) is 0 Å². The highest BCUT2D eigenvalue weighted by atomic mass is 35.5. The largest absolute Gasteiger partial charge is 0.306 e. The van der Waals surface area contributed by atoms with Crippen molar-refractivity contribution in [3.05, 3.63) is 67.7 Å². The molecule has 1 atom stereocenters. The molecular formula is C17H18Cl3N. The second kappa shape index (κ2) is 7.02. The van der Waals surface area contributed by atoms with Gasteiger partial charge in [-0.25, -0.2) is 0 Å². The summed E-state index contributed by atoms with van der Waals surface area (Å²) in [6, 6.07) is 9.83. The maximum absolute atomic E-state index is 6.45. The van der Waals surface area contributed by atoms with Gasteiger partial charge >= 0.3 is 0 Å². The third-order valence-corrected chi connectivity index (χ3v) is 4.68. The number of benzene rings is 2. The van der Waals surface area contributed by atoms with E-state index >= 15 is 0 Å². The molecule has 112 valence electrons. The molecule has 2 aromatic rings. The lowest BCUT2D eigenvalue weighted by atomic mass is 9.95. The molecule has 0 amide bonds. The molecule has 0 fully saturated rings. The summed E-state index contributed by atoms with van der Waals surface area (Å²) in [5.41, 5.74) is 4.52. The molecule has 0 saturated heterocycles. The molecule has 0 spiro atoms. The summed E-state index contributed by atoms with van der Waals surface area (Å²) in [5.74, 6) is 0. The Labute approximate surface area is 141 Å². The van der Waals surface area contributed by atoms with Gasteiger partial charge in [-0.15, -0.1) is 0 Å². The molecule has 0 radical (unpaired) electrons. The van der Waals surface area contributed by atoms with Gasteiger partial charge in [0.05, 0.1) is 16.1 Å². The van der Waals surface area contributed by atoms with Crippen LogP contribution in [-0.2, 0) is 0 Å². The molecular weight excluding hydrogens is 325 g/mol. The molecule has 0 aliphatic heterocycles. The molecule has 1 unspecified atom stereocenters. The second-order valence-electron chi connectivity index (χ2n) is 5.12. The van der Waals surface area contributed by atoms with Crippen LogP contribution in [0.25, 0.3) is 0 Å². The normalized spacial score (nSPS) is 12.5. The van der Waals surface area contributed by atoms with E-state index in [0.29, 0.717) is 10.0 Å². The lowest BCUT2D eigenvalue weighted by Gasteiger charge is -2.22. The van der Waals surface area contributed by atoms with E-state index in [-0.39, 0.29) is 6.04 Å². The van der Waals surface area contributed by atoms with Crippen molar-refractivity contribution in [2.45, 2.75) is 26.8 Å². The van der Waals surface area contributed by atoms with Crippen molar-refractivity contribution in [3.8, 4) is 0 Å². The lowest BCUT2D eigenvalue weighted by molar-refractivity contribution is 0.630. The van der Waals surface area contributed by atoms with Gasteiger partial charge in [0.2, 0.25) is 0 Å². The lowest BCUT2D eigenvalue weighted by Crippen LogP contribution is -2.22. The highest BCUT2D eigenvalue weighted by molar-refractivity contribution is 6.42. The summed E-state index contributed by atoms with van der Waals surface area (Å²) < 4.78 is 0. The van der Waals surface area contributed by atoms with E-state index in [2.05, 4.69) is 32.2 Å². The van der Waals surface area contributed by atoms with Gasteiger partial charge in [-0.3, -0.25) is 0 Å². The van der Waals surface area contributed by atoms with E-state index in [1.807, 2.05) is 24.3 Å². The zero-order valence-electron chi connectivity index (χ0n) is 12.3. The van der Waals surface area contributed by atoms with E-state index in [9.17, 15) is 0 Å². The van der Waals surface area contributed by atoms with Gasteiger partial charge in [-0.1, -0.05) is 53.9 Å². The summed E-state index contributed by atoms with van der Waals surface area (Å²) in [5, 5.41) is 5.33. The van der Waals surface area contributed by atoms with Gasteiger partial charge in [0.25, 0.3) is 0 Å². The van der Waals surface area contributed by atoms with E-state index in [1.165, 1.54) is 11.1 Å². The number of aryl methyl sites for hydroxylation is 2. The van der Waals surface area contributed by atoms with Crippen LogP contribution in [0, 0.1) is 13.8 Å². The monoisotopic (exact) mass is 341 g/mol. The number of nitrogens with one attached hydrogen (secondary N) is 1. The Balaban J connectivity index is 2.52. The Morgan fingerprint density at radius 2 is 1.57 bits per heavy atom. The Morgan fingerprint density at radius 3 is 2.19 bits per heavy atom. The molecule has 0 aromatic heterocycles. The minimum absolute atomic E-state index is 0.00318. The van der Waals surface area contributed by atoms with Gasteiger partial charge in [0, 0.05) is 5.02 Å². The van der Waals surface area contributed by atoms with Crippen LogP contribution in [0.1, 0.15) is 35.2 Å². The van der Waals surface area contributed by atoms with Crippen molar-refractivity contribution >= 4 is 34.8 Å². The van der Waals surface area contributed by atoms with Gasteiger partial charge in [0.1, 0.15) is 0 Å². The zero-order valence-corrected chi connectivity index (χ0v) is 14.6. The molecule has 0 heterocycles. The van der Waals surface area contributed by atoms with Gasteiger partial charge in [0.15, 0.2) is 0 Å². The fourth-order valence-electron chi connectivity index (χ4n) is 2.33. The maximum Gasteiger partial charge on any atom is 0.0595 e. The average molecular weight is 343 g/mol. The summed E-state index contributed by atoms with van der Waals surface area (Å²) in [4.78, 5) is 0. The third kappa shape index (κ3) is 3.73. The molecule has 0 saturated carbocycles. The molecule has 21 heavy (non-hydrogen) atoms. The fraction of sp³-hybridized carbons (Fsp3) is 0.294. The van der Waals surface area contributed by atoms with Gasteiger partial charge < -0.3 is 5.32 Å². The zero-order chi connectivity index (χ0) is 15.6. The molecule has 2 aromatic carbocycles. The summed E-state index contributed by atoms with van der Waals surface area (Å²) in [7, 11) is 0. The number of hydrogen-bond donors (Lipinski definition) is 1. The number of hydrogen-bond acceptors (Lipinski definition) is 1. The minimum Gasteiger partial charge on any atom is -0.306 e. The number of rotatable bonds is 4. The Bertz CT molecular complexity index is 653. The SMILES string of the molecule is CCNC(c1ccc(Cl)c(Cl)c1)c1cc(C)c(C)cc1Cl. The van der Waals surface area contributed by atoms with Gasteiger partial charge in [-0.05, 0) is 60.8 Å². The van der Waals surface area contributed by atoms with E-state index in [1.54, 1.807) is 0 Å². The first kappa shape index (κ1) is 16.6. The highest BCUT2D eigenvalue weighted by Crippen LogP contribution is 2.33. The topological polar surface area (TPSA) is 12.0 Å². The van der Waals surface area contributed by atoms with Crippen LogP contribution >= 0.6 is 34.8 Å². The average Bonchev–Trinajstić information content (AvgIpc) is 2.44. The Morgan fingerprint density at radius 1 is 0.905 bits per heavy atom. The molecule has 0 aliphatic rings. The van der Waals surface area contributed by atoms with Gasteiger partial charge in [-0.2, -0.15) is 0 Å². The van der Waals surface area contributed by atoms with Crippen molar-refractivity contribution in [3.63, 3.8) is 0 Å². The standard InChI is InChI=1S/C17H18Cl3N/c1-4-21-17(12-5-6-14(18)16(20)9-12)13-7-10(2)11(3)8-15(13)19/h5-9,17,21H,4H2,1-3H3. The predicted octanol–water partition coefficient (Wildman–Crippen LogP) is 5.96. The van der Waals surface area contributed by atoms with E-state index in [0.717, 1.165) is 22.7 Å². The molecule has 0 aliphatic carbocycles. The highest BCUT2D eigenvalue weighted by Gasteiger charge is 2.18. The van der Waals surface area contributed by atoms with Crippen LogP contribution in [0.4, 0.5) is 0 Å². The first-order chi connectivity index (χ1) is 9.93. The van der Waals surface area contributed by atoms with Crippen molar-refractivity contribution in [2.75, 3.05) is 6.54 Å². The maximum atomic E-state index is 6.45. The second-order valence-corrected chi connectivity index (χ2v) is 6.34. The molecule has 2 rings (SSSR count). The summed E-state index contributed by atoms with van der Waals surface area (Å²) in [6.07, 6.45) is 0. The van der Waals surface area contributed by atoms with Crippen molar-refractivity contribution in [1.82, 2.24) is 5.32 Å². The van der Waals surface area contributed by atoms with Crippen LogP contribution in [0.2, 0.25) is 15.1 Å². The first-order valence-electron chi connectivity index (χ1n) is 6.89. The van der Waals surface area contributed by atoms with Crippen LogP contribution in [0.5, 0.6) is 0 Å². The summed E-state index contributed by atoms with van der Waals surface area (Å²) >= 11 is 18.6. The molecule has 4 heteroatoms. The van der Waals surface area contributed by atoms with E-state index < -0.39 is 0 Å². The van der Waals surface area contributed by atoms with Crippen LogP contribution in [0.15, 0.2) is 30.3 Å². The van der Waals surface area contributed by atoms with Crippen LogP contribution in [0.3, 0.4) is 0 Å². The Hall–Kier alpha value is -0.730. The molecule has 0 bridgehead atoms.